The van der Waals surface area contributed by atoms with Gasteiger partial charge in [-0.3, -0.25) is 4.79 Å². The van der Waals surface area contributed by atoms with Crippen molar-refractivity contribution < 1.29 is 9.53 Å². The molecular formula is C23H25N3O2. The van der Waals surface area contributed by atoms with Gasteiger partial charge in [0.15, 0.2) is 0 Å². The number of nitrogens with one attached hydrogen (secondary N) is 1. The largest absolute Gasteiger partial charge is 0.376 e. The van der Waals surface area contributed by atoms with Crippen LogP contribution in [0.4, 0.5) is 0 Å². The fourth-order valence-corrected chi connectivity index (χ4v) is 3.71. The third-order valence-corrected chi connectivity index (χ3v) is 5.27. The third kappa shape index (κ3) is 3.99. The molecule has 4 rings (SSSR count). The van der Waals surface area contributed by atoms with Gasteiger partial charge in [-0.05, 0) is 37.0 Å². The van der Waals surface area contributed by atoms with Crippen molar-refractivity contribution in [1.82, 2.24) is 14.9 Å². The molecule has 1 saturated heterocycles. The zero-order valence-electron chi connectivity index (χ0n) is 16.1. The van der Waals surface area contributed by atoms with E-state index >= 15 is 0 Å². The van der Waals surface area contributed by atoms with E-state index in [1.807, 2.05) is 41.3 Å². The number of H-pyrrole nitrogens is 1. The van der Waals surface area contributed by atoms with Crippen LogP contribution >= 0.6 is 0 Å². The van der Waals surface area contributed by atoms with E-state index in [9.17, 15) is 4.79 Å². The molecule has 1 fully saturated rings. The summed E-state index contributed by atoms with van der Waals surface area (Å²) in [6, 6.07) is 15.9. The van der Waals surface area contributed by atoms with E-state index in [4.69, 9.17) is 4.74 Å². The second-order valence-electron chi connectivity index (χ2n) is 7.23. The van der Waals surface area contributed by atoms with E-state index in [2.05, 4.69) is 29.0 Å². The molecule has 0 radical (unpaired) electrons. The average Bonchev–Trinajstić information content (AvgIpc) is 3.43. The van der Waals surface area contributed by atoms with E-state index < -0.39 is 0 Å². The zero-order valence-corrected chi connectivity index (χ0v) is 16.1. The van der Waals surface area contributed by atoms with Gasteiger partial charge in [0.25, 0.3) is 5.91 Å². The van der Waals surface area contributed by atoms with Gasteiger partial charge in [-0.15, -0.1) is 0 Å². The highest BCUT2D eigenvalue weighted by Gasteiger charge is 2.26. The second kappa shape index (κ2) is 8.40. The van der Waals surface area contributed by atoms with E-state index in [1.54, 1.807) is 12.4 Å². The summed E-state index contributed by atoms with van der Waals surface area (Å²) in [7, 11) is 0. The molecule has 2 heterocycles. The Morgan fingerprint density at radius 3 is 2.79 bits per heavy atom. The van der Waals surface area contributed by atoms with Crippen LogP contribution in [-0.4, -0.2) is 40.0 Å². The van der Waals surface area contributed by atoms with Crippen molar-refractivity contribution in [3.05, 3.63) is 77.6 Å². The van der Waals surface area contributed by atoms with Crippen LogP contribution in [0.5, 0.6) is 0 Å². The van der Waals surface area contributed by atoms with Crippen LogP contribution in [0.25, 0.3) is 11.4 Å². The summed E-state index contributed by atoms with van der Waals surface area (Å²) in [5.41, 5.74) is 3.82. The van der Waals surface area contributed by atoms with Gasteiger partial charge in [0.05, 0.1) is 11.7 Å². The molecule has 0 bridgehead atoms. The van der Waals surface area contributed by atoms with Crippen molar-refractivity contribution in [1.29, 1.82) is 0 Å². The Kier molecular flexibility index (Phi) is 5.53. The lowest BCUT2D eigenvalue weighted by molar-refractivity contribution is 0.0507. The minimum Gasteiger partial charge on any atom is -0.376 e. The molecule has 1 unspecified atom stereocenters. The predicted molar refractivity (Wildman–Crippen MR) is 109 cm³/mol. The van der Waals surface area contributed by atoms with Crippen molar-refractivity contribution in [2.24, 2.45) is 0 Å². The number of hydrogen-bond acceptors (Lipinski definition) is 3. The monoisotopic (exact) mass is 375 g/mol. The molecule has 1 atom stereocenters. The van der Waals surface area contributed by atoms with Gasteiger partial charge in [-0.1, -0.05) is 42.5 Å². The van der Waals surface area contributed by atoms with Crippen LogP contribution < -0.4 is 0 Å². The van der Waals surface area contributed by atoms with Crippen molar-refractivity contribution in [2.75, 3.05) is 13.2 Å². The minimum absolute atomic E-state index is 0.00533. The standard InChI is InChI=1S/C23H25N3O2/c1-17-7-2-3-8-18(17)15-26(16-19-9-6-14-28-19)23(27)21-11-5-4-10-20(21)22-24-12-13-25-22/h2-5,7-8,10-13,19H,6,9,14-16H2,1H3,(H,24,25). The third-order valence-electron chi connectivity index (χ3n) is 5.27. The zero-order chi connectivity index (χ0) is 19.3. The number of amides is 1. The Morgan fingerprint density at radius 2 is 2.04 bits per heavy atom. The summed E-state index contributed by atoms with van der Waals surface area (Å²) in [5, 5.41) is 0. The average molecular weight is 375 g/mol. The molecular weight excluding hydrogens is 350 g/mol. The van der Waals surface area contributed by atoms with E-state index in [-0.39, 0.29) is 12.0 Å². The molecule has 1 amide bonds. The molecule has 1 aromatic heterocycles. The molecule has 1 aliphatic rings. The first-order chi connectivity index (χ1) is 13.7. The molecule has 28 heavy (non-hydrogen) atoms. The summed E-state index contributed by atoms with van der Waals surface area (Å²) in [6.07, 6.45) is 5.63. The summed E-state index contributed by atoms with van der Waals surface area (Å²) in [4.78, 5) is 23.0. The highest BCUT2D eigenvalue weighted by atomic mass is 16.5. The number of hydrogen-bond donors (Lipinski definition) is 1. The maximum atomic E-state index is 13.6. The molecule has 5 nitrogen and oxygen atoms in total. The molecule has 1 aliphatic heterocycles. The minimum atomic E-state index is 0.00533. The number of aromatic nitrogens is 2. The second-order valence-corrected chi connectivity index (χ2v) is 7.23. The number of carbonyl (C=O) groups excluding carboxylic acids is 1. The number of nitrogens with zero attached hydrogens (tertiary/aromatic N) is 2. The Labute approximate surface area is 165 Å². The fourth-order valence-electron chi connectivity index (χ4n) is 3.71. The number of benzene rings is 2. The van der Waals surface area contributed by atoms with Crippen LogP contribution in [0, 0.1) is 6.92 Å². The normalized spacial score (nSPS) is 16.2. The quantitative estimate of drug-likeness (QED) is 0.702. The first-order valence-corrected chi connectivity index (χ1v) is 9.76. The number of aryl methyl sites for hydroxylation is 1. The van der Waals surface area contributed by atoms with Crippen LogP contribution in [-0.2, 0) is 11.3 Å². The maximum absolute atomic E-state index is 13.6. The van der Waals surface area contributed by atoms with Gasteiger partial charge in [-0.2, -0.15) is 0 Å². The summed E-state index contributed by atoms with van der Waals surface area (Å²) >= 11 is 0. The predicted octanol–water partition coefficient (Wildman–Crippen LogP) is 4.21. The first kappa shape index (κ1) is 18.4. The van der Waals surface area contributed by atoms with Crippen LogP contribution in [0.3, 0.4) is 0 Å². The number of aromatic amines is 1. The highest BCUT2D eigenvalue weighted by Crippen LogP contribution is 2.24. The highest BCUT2D eigenvalue weighted by molar-refractivity contribution is 6.00. The summed E-state index contributed by atoms with van der Waals surface area (Å²) in [5.74, 6) is 0.711. The molecule has 0 aliphatic carbocycles. The number of imidazole rings is 1. The number of rotatable bonds is 6. The van der Waals surface area contributed by atoms with E-state index in [0.717, 1.165) is 30.6 Å². The molecule has 1 N–H and O–H groups in total. The molecule has 3 aromatic rings. The van der Waals surface area contributed by atoms with E-state index in [1.165, 1.54) is 5.56 Å². The van der Waals surface area contributed by atoms with Crippen molar-refractivity contribution in [3.63, 3.8) is 0 Å². The van der Waals surface area contributed by atoms with E-state index in [0.29, 0.717) is 24.5 Å². The Hall–Kier alpha value is -2.92. The lowest BCUT2D eigenvalue weighted by Gasteiger charge is -2.27. The molecule has 2 aromatic carbocycles. The van der Waals surface area contributed by atoms with Gasteiger partial charge in [0.1, 0.15) is 5.82 Å². The SMILES string of the molecule is Cc1ccccc1CN(CC1CCCO1)C(=O)c1ccccc1-c1ncc[nH]1. The Morgan fingerprint density at radius 1 is 1.21 bits per heavy atom. The molecule has 5 heteroatoms. The van der Waals surface area contributed by atoms with Gasteiger partial charge in [0.2, 0.25) is 0 Å². The number of ether oxygens (including phenoxy) is 1. The van der Waals surface area contributed by atoms with Crippen LogP contribution in [0.2, 0.25) is 0 Å². The molecule has 0 spiro atoms. The Balaban J connectivity index is 1.66. The van der Waals surface area contributed by atoms with Crippen molar-refractivity contribution in [2.45, 2.75) is 32.4 Å². The van der Waals surface area contributed by atoms with Crippen molar-refractivity contribution in [3.8, 4) is 11.4 Å². The smallest absolute Gasteiger partial charge is 0.254 e. The summed E-state index contributed by atoms with van der Waals surface area (Å²) < 4.78 is 5.83. The van der Waals surface area contributed by atoms with Crippen LogP contribution in [0.1, 0.15) is 34.3 Å². The Bertz CT molecular complexity index is 931. The van der Waals surface area contributed by atoms with Crippen molar-refractivity contribution >= 4 is 5.91 Å². The van der Waals surface area contributed by atoms with Gasteiger partial charge in [-0.25, -0.2) is 4.98 Å². The summed E-state index contributed by atoms with van der Waals surface area (Å²) in [6.45, 7) is 4.03. The number of carbonyl (C=O) groups is 1. The van der Waals surface area contributed by atoms with Gasteiger partial charge < -0.3 is 14.6 Å². The van der Waals surface area contributed by atoms with Crippen LogP contribution in [0.15, 0.2) is 60.9 Å². The topological polar surface area (TPSA) is 58.2 Å². The molecule has 0 saturated carbocycles. The lowest BCUT2D eigenvalue weighted by atomic mass is 10.0. The fraction of sp³-hybridized carbons (Fsp3) is 0.304. The lowest BCUT2D eigenvalue weighted by Crippen LogP contribution is -2.37. The maximum Gasteiger partial charge on any atom is 0.254 e. The van der Waals surface area contributed by atoms with Gasteiger partial charge in [0, 0.05) is 37.7 Å². The van der Waals surface area contributed by atoms with Gasteiger partial charge >= 0.3 is 0 Å². The first-order valence-electron chi connectivity index (χ1n) is 9.76. The molecule has 144 valence electrons.